The summed E-state index contributed by atoms with van der Waals surface area (Å²) in [6.45, 7) is 4.29. The topological polar surface area (TPSA) is 6.48 Å². The lowest BCUT2D eigenvalue weighted by molar-refractivity contribution is 0.583. The number of anilines is 6. The lowest BCUT2D eigenvalue weighted by Gasteiger charge is -2.36. The molecule has 0 aliphatic heterocycles. The quantitative estimate of drug-likeness (QED) is 0.131. The molecule has 7 aromatic carbocycles. The molecule has 6 heteroatoms. The van der Waals surface area contributed by atoms with Gasteiger partial charge in [0.05, 0.1) is 22.7 Å². The van der Waals surface area contributed by atoms with Gasteiger partial charge >= 0.3 is 0 Å². The van der Waals surface area contributed by atoms with Crippen LogP contribution in [-0.2, 0) is 5.41 Å². The van der Waals surface area contributed by atoms with Crippen LogP contribution in [0.2, 0.25) is 0 Å². The van der Waals surface area contributed by atoms with E-state index in [2.05, 4.69) is 26.0 Å². The van der Waals surface area contributed by atoms with Crippen LogP contribution in [0.1, 0.15) is 25.0 Å². The van der Waals surface area contributed by atoms with E-state index in [1.807, 2.05) is 107 Å². The molecule has 0 atom stereocenters. The Balaban J connectivity index is 1.59. The maximum atomic E-state index is 15.1. The second-order valence-corrected chi connectivity index (χ2v) is 12.8. The number of rotatable bonds is 6. The molecule has 0 amide bonds. The van der Waals surface area contributed by atoms with Crippen molar-refractivity contribution in [3.63, 3.8) is 0 Å². The molecule has 240 valence electrons. The number of hydrogen-bond acceptors (Lipinski definition) is 2. The third-order valence-corrected chi connectivity index (χ3v) is 9.34. The number of benzene rings is 7. The fraction of sp³-hybridized carbons (Fsp3) is 0.0698. The van der Waals surface area contributed by atoms with Crippen LogP contribution in [0, 0.1) is 23.3 Å². The Morgan fingerprint density at radius 1 is 0.429 bits per heavy atom. The van der Waals surface area contributed by atoms with E-state index in [1.54, 1.807) is 0 Å². The predicted octanol–water partition coefficient (Wildman–Crippen LogP) is 12.6. The van der Waals surface area contributed by atoms with Crippen molar-refractivity contribution in [2.45, 2.75) is 19.3 Å². The molecule has 0 heterocycles. The SMILES string of the molecule is CC1(C)c2ccccc2-c2c1c(N(c1ccccc1)c1cc(F)cc(F)c1)c1ccccc1c2N(c1ccccc1)c1cc(F)cc(F)c1. The van der Waals surface area contributed by atoms with Crippen LogP contribution in [0.5, 0.6) is 0 Å². The average Bonchev–Trinajstić information content (AvgIpc) is 3.32. The van der Waals surface area contributed by atoms with Crippen molar-refractivity contribution in [1.29, 1.82) is 0 Å². The molecule has 8 rings (SSSR count). The molecule has 7 aromatic rings. The minimum atomic E-state index is -0.697. The summed E-state index contributed by atoms with van der Waals surface area (Å²) in [5, 5.41) is 1.58. The molecular weight excluding hydrogens is 620 g/mol. The Morgan fingerprint density at radius 3 is 1.35 bits per heavy atom. The van der Waals surface area contributed by atoms with Gasteiger partial charge in [-0.1, -0.05) is 98.8 Å². The van der Waals surface area contributed by atoms with Crippen LogP contribution in [0.4, 0.5) is 51.7 Å². The van der Waals surface area contributed by atoms with Crippen molar-refractivity contribution < 1.29 is 17.6 Å². The first-order valence-corrected chi connectivity index (χ1v) is 16.0. The molecule has 0 saturated heterocycles. The number of fused-ring (bicyclic) bond motifs is 4. The maximum Gasteiger partial charge on any atom is 0.128 e. The van der Waals surface area contributed by atoms with Crippen molar-refractivity contribution in [2.24, 2.45) is 0 Å². The number of halogens is 4. The molecule has 1 aliphatic rings. The summed E-state index contributed by atoms with van der Waals surface area (Å²) in [7, 11) is 0. The third-order valence-electron chi connectivity index (χ3n) is 9.34. The molecule has 1 aliphatic carbocycles. The Kier molecular flexibility index (Phi) is 7.25. The molecule has 0 fully saturated rings. The zero-order chi connectivity index (χ0) is 33.9. The minimum Gasteiger partial charge on any atom is -0.309 e. The molecule has 49 heavy (non-hydrogen) atoms. The van der Waals surface area contributed by atoms with Gasteiger partial charge in [-0.05, 0) is 65.2 Å². The highest BCUT2D eigenvalue weighted by Gasteiger charge is 2.43. The minimum absolute atomic E-state index is 0.318. The van der Waals surface area contributed by atoms with E-state index in [1.165, 1.54) is 24.3 Å². The van der Waals surface area contributed by atoms with Crippen LogP contribution in [0.15, 0.2) is 146 Å². The maximum absolute atomic E-state index is 15.1. The highest BCUT2D eigenvalue weighted by Crippen LogP contribution is 2.61. The summed E-state index contributed by atoms with van der Waals surface area (Å²) in [6.07, 6.45) is 0. The summed E-state index contributed by atoms with van der Waals surface area (Å²) in [4.78, 5) is 3.82. The van der Waals surface area contributed by atoms with Crippen molar-refractivity contribution in [2.75, 3.05) is 9.80 Å². The van der Waals surface area contributed by atoms with Crippen LogP contribution in [0.25, 0.3) is 21.9 Å². The van der Waals surface area contributed by atoms with Crippen LogP contribution in [-0.4, -0.2) is 0 Å². The first-order chi connectivity index (χ1) is 23.7. The molecule has 0 aromatic heterocycles. The fourth-order valence-corrected chi connectivity index (χ4v) is 7.42. The first kappa shape index (κ1) is 30.5. The highest BCUT2D eigenvalue weighted by molar-refractivity contribution is 6.17. The second-order valence-electron chi connectivity index (χ2n) is 12.8. The summed E-state index contributed by atoms with van der Waals surface area (Å²) in [6, 6.07) is 42.1. The number of hydrogen-bond donors (Lipinski definition) is 0. The molecule has 0 unspecified atom stereocenters. The average molecular weight is 651 g/mol. The molecule has 0 saturated carbocycles. The van der Waals surface area contributed by atoms with Gasteiger partial charge < -0.3 is 9.80 Å². The molecule has 0 bridgehead atoms. The smallest absolute Gasteiger partial charge is 0.128 e. The van der Waals surface area contributed by atoms with Crippen molar-refractivity contribution >= 4 is 44.9 Å². The van der Waals surface area contributed by atoms with Crippen molar-refractivity contribution in [1.82, 2.24) is 0 Å². The van der Waals surface area contributed by atoms with E-state index in [9.17, 15) is 0 Å². The van der Waals surface area contributed by atoms with Gasteiger partial charge in [-0.2, -0.15) is 0 Å². The van der Waals surface area contributed by atoms with Gasteiger partial charge in [0.2, 0.25) is 0 Å². The predicted molar refractivity (Wildman–Crippen MR) is 191 cm³/mol. The molecule has 0 radical (unpaired) electrons. The van der Waals surface area contributed by atoms with Gasteiger partial charge in [0, 0.05) is 45.3 Å². The summed E-state index contributed by atoms with van der Waals surface area (Å²) < 4.78 is 60.2. The molecule has 2 nitrogen and oxygen atoms in total. The van der Waals surface area contributed by atoms with Gasteiger partial charge in [-0.25, -0.2) is 17.6 Å². The molecule has 0 N–H and O–H groups in total. The molecule has 0 spiro atoms. The standard InChI is InChI=1S/C43H30F4N2/c1-43(2)38-20-12-11-19-37(38)39-40(43)42(49(32-15-7-4-8-16-32)34-25-29(46)22-30(47)26-34)36-18-10-9-17-35(36)41(39)48(31-13-5-3-6-14-31)33-23-27(44)21-28(45)24-33/h3-26H,1-2H3. The Hall–Kier alpha value is -5.88. The van der Waals surface area contributed by atoms with Gasteiger partial charge in [-0.15, -0.1) is 0 Å². The Labute approximate surface area is 282 Å². The van der Waals surface area contributed by atoms with Crippen LogP contribution >= 0.6 is 0 Å². The van der Waals surface area contributed by atoms with Crippen LogP contribution < -0.4 is 9.80 Å². The highest BCUT2D eigenvalue weighted by atomic mass is 19.1. The van der Waals surface area contributed by atoms with Gasteiger partial charge in [0.1, 0.15) is 23.3 Å². The monoisotopic (exact) mass is 650 g/mol. The van der Waals surface area contributed by atoms with Gasteiger partial charge in [0.15, 0.2) is 0 Å². The van der Waals surface area contributed by atoms with E-state index < -0.39 is 28.7 Å². The van der Waals surface area contributed by atoms with Crippen molar-refractivity contribution in [3.05, 3.63) is 180 Å². The number of para-hydroxylation sites is 2. The second kappa shape index (κ2) is 11.7. The van der Waals surface area contributed by atoms with Gasteiger partial charge in [-0.3, -0.25) is 0 Å². The summed E-state index contributed by atoms with van der Waals surface area (Å²) in [5.74, 6) is -2.78. The lowest BCUT2D eigenvalue weighted by Crippen LogP contribution is -2.22. The fourth-order valence-electron chi connectivity index (χ4n) is 7.42. The Morgan fingerprint density at radius 2 is 0.837 bits per heavy atom. The van der Waals surface area contributed by atoms with Crippen molar-refractivity contribution in [3.8, 4) is 11.1 Å². The number of nitrogens with zero attached hydrogens (tertiary/aromatic N) is 2. The third kappa shape index (κ3) is 5.03. The summed E-state index contributed by atoms with van der Waals surface area (Å²) >= 11 is 0. The first-order valence-electron chi connectivity index (χ1n) is 16.0. The van der Waals surface area contributed by atoms with Gasteiger partial charge in [0.25, 0.3) is 0 Å². The largest absolute Gasteiger partial charge is 0.309 e. The zero-order valence-corrected chi connectivity index (χ0v) is 26.8. The normalized spacial score (nSPS) is 12.9. The van der Waals surface area contributed by atoms with E-state index in [-0.39, 0.29) is 0 Å². The Bertz CT molecular complexity index is 2330. The van der Waals surface area contributed by atoms with Crippen LogP contribution in [0.3, 0.4) is 0 Å². The lowest BCUT2D eigenvalue weighted by atomic mass is 9.79. The van der Waals surface area contributed by atoms with E-state index >= 15 is 17.6 Å². The summed E-state index contributed by atoms with van der Waals surface area (Å²) in [5.41, 5.74) is 6.73. The van der Waals surface area contributed by atoms with E-state index in [4.69, 9.17) is 0 Å². The zero-order valence-electron chi connectivity index (χ0n) is 26.8. The van der Waals surface area contributed by atoms with E-state index in [0.717, 1.165) is 56.5 Å². The van der Waals surface area contributed by atoms with E-state index in [0.29, 0.717) is 22.7 Å². The molecular formula is C43H30F4N2.